The molecule has 0 saturated heterocycles. The summed E-state index contributed by atoms with van der Waals surface area (Å²) in [6, 6.07) is 18.6. The molecule has 0 aliphatic carbocycles. The number of ether oxygens (including phenoxy) is 1. The number of para-hydroxylation sites is 2. The summed E-state index contributed by atoms with van der Waals surface area (Å²) < 4.78 is 46.9. The predicted molar refractivity (Wildman–Crippen MR) is 130 cm³/mol. The molecule has 0 aliphatic heterocycles. The molecular weight excluding hydrogens is 457 g/mol. The maximum absolute atomic E-state index is 13.5. The molecule has 1 amide bonds. The molecule has 3 aromatic carbocycles. The van der Waals surface area contributed by atoms with E-state index in [-0.39, 0.29) is 16.4 Å². The number of nitrogens with zero attached hydrogens (tertiary/aromatic N) is 2. The summed E-state index contributed by atoms with van der Waals surface area (Å²) in [6.45, 7) is 5.09. The number of hydrazone groups is 1. The van der Waals surface area contributed by atoms with Crippen LogP contribution >= 0.6 is 0 Å². The second-order valence-corrected chi connectivity index (χ2v) is 9.33. The van der Waals surface area contributed by atoms with Crippen molar-refractivity contribution >= 4 is 27.3 Å². The highest BCUT2D eigenvalue weighted by Gasteiger charge is 2.29. The fraction of sp³-hybridized carbons (Fsp3) is 0.200. The second-order valence-electron chi connectivity index (χ2n) is 7.46. The van der Waals surface area contributed by atoms with Gasteiger partial charge in [-0.3, -0.25) is 9.10 Å². The van der Waals surface area contributed by atoms with Gasteiger partial charge in [-0.25, -0.2) is 18.2 Å². The van der Waals surface area contributed by atoms with Crippen LogP contribution in [-0.2, 0) is 14.8 Å². The van der Waals surface area contributed by atoms with E-state index < -0.39 is 22.5 Å². The Bertz CT molecular complexity index is 1270. The van der Waals surface area contributed by atoms with Crippen LogP contribution in [0.1, 0.15) is 25.0 Å². The van der Waals surface area contributed by atoms with Gasteiger partial charge in [0.15, 0.2) is 0 Å². The number of carbonyl (C=O) groups is 1. The van der Waals surface area contributed by atoms with Crippen molar-refractivity contribution < 1.29 is 22.3 Å². The molecule has 0 saturated carbocycles. The first kappa shape index (κ1) is 24.9. The van der Waals surface area contributed by atoms with Gasteiger partial charge in [0, 0.05) is 0 Å². The fourth-order valence-corrected chi connectivity index (χ4v) is 4.58. The van der Waals surface area contributed by atoms with E-state index in [1.165, 1.54) is 36.4 Å². The van der Waals surface area contributed by atoms with Gasteiger partial charge in [0.2, 0.25) is 0 Å². The van der Waals surface area contributed by atoms with E-state index in [1.807, 2.05) is 6.92 Å². The van der Waals surface area contributed by atoms with Crippen molar-refractivity contribution in [1.82, 2.24) is 5.43 Å². The van der Waals surface area contributed by atoms with Crippen LogP contribution in [0.3, 0.4) is 0 Å². The Balaban J connectivity index is 1.92. The molecule has 7 nitrogen and oxygen atoms in total. The van der Waals surface area contributed by atoms with Crippen molar-refractivity contribution in [2.45, 2.75) is 25.7 Å². The zero-order chi connectivity index (χ0) is 24.7. The van der Waals surface area contributed by atoms with E-state index in [4.69, 9.17) is 4.74 Å². The molecule has 0 spiro atoms. The van der Waals surface area contributed by atoms with E-state index in [0.717, 1.165) is 9.87 Å². The van der Waals surface area contributed by atoms with Gasteiger partial charge in [0.05, 0.1) is 22.9 Å². The number of anilines is 1. The maximum atomic E-state index is 13.5. The Morgan fingerprint density at radius 1 is 1.03 bits per heavy atom. The Labute approximate surface area is 198 Å². The monoisotopic (exact) mass is 483 g/mol. The molecule has 3 aromatic rings. The van der Waals surface area contributed by atoms with Crippen molar-refractivity contribution in [2.75, 3.05) is 17.5 Å². The predicted octanol–water partition coefficient (Wildman–Crippen LogP) is 4.27. The van der Waals surface area contributed by atoms with Crippen LogP contribution < -0.4 is 14.5 Å². The molecular formula is C25H26FN3O4S. The molecule has 0 aromatic heterocycles. The third kappa shape index (κ3) is 5.99. The van der Waals surface area contributed by atoms with Gasteiger partial charge >= 0.3 is 0 Å². The van der Waals surface area contributed by atoms with Crippen LogP contribution in [0, 0.1) is 12.7 Å². The number of sulfonamides is 1. The number of hydrogen-bond acceptors (Lipinski definition) is 5. The van der Waals surface area contributed by atoms with E-state index in [1.54, 1.807) is 50.2 Å². The third-order valence-corrected chi connectivity index (χ3v) is 6.71. The Morgan fingerprint density at radius 2 is 1.68 bits per heavy atom. The quantitative estimate of drug-likeness (QED) is 0.364. The number of hydrogen-bond donors (Lipinski definition) is 1. The standard InChI is InChI=1S/C25H26FN3O4S/c1-4-33-24-8-6-5-7-23(24)29(34(31,32)22-15-9-18(2)10-16-22)17-25(30)28-27-19(3)20-11-13-21(26)14-12-20/h5-16H,4,17H2,1-3H3,(H,28,30)/b27-19-. The lowest BCUT2D eigenvalue weighted by molar-refractivity contribution is -0.119. The van der Waals surface area contributed by atoms with Crippen molar-refractivity contribution in [3.8, 4) is 5.75 Å². The molecule has 34 heavy (non-hydrogen) atoms. The van der Waals surface area contributed by atoms with Crippen LogP contribution in [0.5, 0.6) is 5.75 Å². The highest BCUT2D eigenvalue weighted by molar-refractivity contribution is 7.92. The van der Waals surface area contributed by atoms with Gasteiger partial charge in [-0.15, -0.1) is 0 Å². The smallest absolute Gasteiger partial charge is 0.264 e. The number of nitrogens with one attached hydrogen (secondary N) is 1. The topological polar surface area (TPSA) is 88.1 Å². The average molecular weight is 484 g/mol. The van der Waals surface area contributed by atoms with Crippen molar-refractivity contribution in [2.24, 2.45) is 5.10 Å². The van der Waals surface area contributed by atoms with E-state index in [9.17, 15) is 17.6 Å². The largest absolute Gasteiger partial charge is 0.492 e. The number of halogens is 1. The van der Waals surface area contributed by atoms with Crippen molar-refractivity contribution in [3.05, 3.63) is 89.7 Å². The molecule has 3 rings (SSSR count). The number of benzene rings is 3. The molecule has 1 N–H and O–H groups in total. The second kappa shape index (κ2) is 10.9. The molecule has 0 bridgehead atoms. The molecule has 0 fully saturated rings. The first-order valence-corrected chi connectivity index (χ1v) is 12.1. The zero-order valence-corrected chi connectivity index (χ0v) is 20.0. The van der Waals surface area contributed by atoms with Crippen molar-refractivity contribution in [1.29, 1.82) is 0 Å². The molecule has 0 unspecified atom stereocenters. The zero-order valence-electron chi connectivity index (χ0n) is 19.2. The number of amides is 1. The number of rotatable bonds is 9. The normalized spacial score (nSPS) is 11.7. The summed E-state index contributed by atoms with van der Waals surface area (Å²) in [5.41, 5.74) is 4.59. The summed E-state index contributed by atoms with van der Waals surface area (Å²) in [5.74, 6) is -0.701. The molecule has 178 valence electrons. The van der Waals surface area contributed by atoms with Gasteiger partial charge in [0.1, 0.15) is 18.1 Å². The van der Waals surface area contributed by atoms with Gasteiger partial charge in [0.25, 0.3) is 15.9 Å². The summed E-state index contributed by atoms with van der Waals surface area (Å²) in [7, 11) is -4.10. The molecule has 0 radical (unpaired) electrons. The van der Waals surface area contributed by atoms with Crippen molar-refractivity contribution in [3.63, 3.8) is 0 Å². The Hall–Kier alpha value is -3.72. The fourth-order valence-electron chi connectivity index (χ4n) is 3.15. The Kier molecular flexibility index (Phi) is 8.01. The van der Waals surface area contributed by atoms with E-state index >= 15 is 0 Å². The lowest BCUT2D eigenvalue weighted by atomic mass is 10.1. The minimum Gasteiger partial charge on any atom is -0.492 e. The average Bonchev–Trinajstić information content (AvgIpc) is 2.82. The van der Waals surface area contributed by atoms with Gasteiger partial charge in [-0.05, 0) is 62.7 Å². The van der Waals surface area contributed by atoms with E-state index in [2.05, 4.69) is 10.5 Å². The van der Waals surface area contributed by atoms with Crippen LogP contribution in [0.4, 0.5) is 10.1 Å². The van der Waals surface area contributed by atoms with Gasteiger partial charge in [-0.1, -0.05) is 42.0 Å². The lowest BCUT2D eigenvalue weighted by Gasteiger charge is -2.25. The van der Waals surface area contributed by atoms with Gasteiger partial charge < -0.3 is 4.74 Å². The highest BCUT2D eigenvalue weighted by atomic mass is 32.2. The Morgan fingerprint density at radius 3 is 2.32 bits per heavy atom. The maximum Gasteiger partial charge on any atom is 0.264 e. The molecule has 9 heteroatoms. The van der Waals surface area contributed by atoms with Crippen LogP contribution in [0.25, 0.3) is 0 Å². The van der Waals surface area contributed by atoms with Crippen LogP contribution in [0.15, 0.2) is 82.8 Å². The summed E-state index contributed by atoms with van der Waals surface area (Å²) in [6.07, 6.45) is 0. The summed E-state index contributed by atoms with van der Waals surface area (Å²) in [4.78, 5) is 12.8. The lowest BCUT2D eigenvalue weighted by Crippen LogP contribution is -2.40. The SMILES string of the molecule is CCOc1ccccc1N(CC(=O)N/N=C(/C)c1ccc(F)cc1)S(=O)(=O)c1ccc(C)cc1. The van der Waals surface area contributed by atoms with Crippen LogP contribution in [0.2, 0.25) is 0 Å². The van der Waals surface area contributed by atoms with E-state index in [0.29, 0.717) is 23.6 Å². The molecule has 0 atom stereocenters. The highest BCUT2D eigenvalue weighted by Crippen LogP contribution is 2.32. The van der Waals surface area contributed by atoms with Crippen LogP contribution in [-0.4, -0.2) is 33.2 Å². The third-order valence-electron chi connectivity index (χ3n) is 4.94. The number of aryl methyl sites for hydroxylation is 1. The first-order chi connectivity index (χ1) is 16.2. The number of carbonyl (C=O) groups excluding carboxylic acids is 1. The molecule has 0 aliphatic rings. The van der Waals surface area contributed by atoms with Gasteiger partial charge in [-0.2, -0.15) is 5.10 Å². The first-order valence-electron chi connectivity index (χ1n) is 10.6. The summed E-state index contributed by atoms with van der Waals surface area (Å²) in [5, 5.41) is 4.04. The molecule has 0 heterocycles. The minimum absolute atomic E-state index is 0.0446. The minimum atomic E-state index is -4.10. The summed E-state index contributed by atoms with van der Waals surface area (Å²) >= 11 is 0.